The van der Waals surface area contributed by atoms with Crippen LogP contribution in [0.2, 0.25) is 0 Å². The second kappa shape index (κ2) is 8.75. The molecule has 0 bridgehead atoms. The summed E-state index contributed by atoms with van der Waals surface area (Å²) in [6, 6.07) is 31.6. The topological polar surface area (TPSA) is 63.6 Å². The molecular formula is C24H18O4S2. The van der Waals surface area contributed by atoms with Gasteiger partial charge in [-0.25, -0.2) is 0 Å². The van der Waals surface area contributed by atoms with Gasteiger partial charge in [-0.05, 0) is 34.9 Å². The standard InChI is InChI=1S/C24H18O4S2/c25-30(26,27)24-22(12-7-13-23(24)28-29-21-10-5-2-6-11-21)20-16-14-19(15-17-20)18-8-3-1-4-9-18/h1-17H,(H,25,26,27). The maximum atomic E-state index is 12.2. The van der Waals surface area contributed by atoms with Crippen molar-refractivity contribution in [1.29, 1.82) is 0 Å². The summed E-state index contributed by atoms with van der Waals surface area (Å²) in [6.07, 6.45) is 0. The van der Waals surface area contributed by atoms with Crippen LogP contribution in [0.4, 0.5) is 0 Å². The summed E-state index contributed by atoms with van der Waals surface area (Å²) in [5.74, 6) is 0.0796. The van der Waals surface area contributed by atoms with Crippen molar-refractivity contribution in [3.8, 4) is 28.0 Å². The van der Waals surface area contributed by atoms with E-state index in [1.807, 2.05) is 84.9 Å². The predicted molar refractivity (Wildman–Crippen MR) is 120 cm³/mol. The highest BCUT2D eigenvalue weighted by molar-refractivity contribution is 7.95. The van der Waals surface area contributed by atoms with Crippen LogP contribution in [0.25, 0.3) is 22.3 Å². The summed E-state index contributed by atoms with van der Waals surface area (Å²) >= 11 is 1.03. The minimum Gasteiger partial charge on any atom is -0.419 e. The molecule has 0 saturated carbocycles. The lowest BCUT2D eigenvalue weighted by atomic mass is 10.0. The lowest BCUT2D eigenvalue weighted by Gasteiger charge is -2.13. The molecule has 4 nitrogen and oxygen atoms in total. The molecule has 4 rings (SSSR count). The molecule has 0 aromatic heterocycles. The Morgan fingerprint density at radius 3 is 1.83 bits per heavy atom. The van der Waals surface area contributed by atoms with Gasteiger partial charge in [-0.2, -0.15) is 8.42 Å². The van der Waals surface area contributed by atoms with Gasteiger partial charge in [-0.3, -0.25) is 4.55 Å². The summed E-state index contributed by atoms with van der Waals surface area (Å²) in [5, 5.41) is 0. The van der Waals surface area contributed by atoms with E-state index >= 15 is 0 Å². The second-order valence-corrected chi connectivity index (χ2v) is 8.69. The molecular weight excluding hydrogens is 416 g/mol. The van der Waals surface area contributed by atoms with E-state index in [0.717, 1.165) is 28.1 Å². The largest absolute Gasteiger partial charge is 0.419 e. The molecule has 0 fully saturated rings. The normalized spacial score (nSPS) is 11.2. The van der Waals surface area contributed by atoms with Gasteiger partial charge in [0, 0.05) is 10.5 Å². The molecule has 0 radical (unpaired) electrons. The van der Waals surface area contributed by atoms with Crippen LogP contribution in [-0.4, -0.2) is 13.0 Å². The van der Waals surface area contributed by atoms with Gasteiger partial charge in [0.2, 0.25) is 0 Å². The zero-order valence-corrected chi connectivity index (χ0v) is 17.4. The van der Waals surface area contributed by atoms with Crippen LogP contribution in [0, 0.1) is 0 Å². The Kier molecular flexibility index (Phi) is 5.90. The third kappa shape index (κ3) is 4.57. The first-order valence-electron chi connectivity index (χ1n) is 9.18. The highest BCUT2D eigenvalue weighted by atomic mass is 32.2. The summed E-state index contributed by atoms with van der Waals surface area (Å²) < 4.78 is 40.0. The molecule has 1 N–H and O–H groups in total. The van der Waals surface area contributed by atoms with Crippen molar-refractivity contribution in [3.05, 3.63) is 103 Å². The fourth-order valence-corrected chi connectivity index (χ4v) is 4.59. The van der Waals surface area contributed by atoms with Crippen LogP contribution in [0.3, 0.4) is 0 Å². The second-order valence-electron chi connectivity index (χ2n) is 6.53. The van der Waals surface area contributed by atoms with Crippen molar-refractivity contribution < 1.29 is 17.2 Å². The maximum absolute atomic E-state index is 12.2. The van der Waals surface area contributed by atoms with Gasteiger partial charge in [-0.15, -0.1) is 0 Å². The zero-order chi connectivity index (χ0) is 21.0. The number of hydrogen-bond donors (Lipinski definition) is 1. The van der Waals surface area contributed by atoms with E-state index in [-0.39, 0.29) is 10.6 Å². The number of benzene rings is 4. The van der Waals surface area contributed by atoms with Crippen LogP contribution in [0.15, 0.2) is 113 Å². The van der Waals surface area contributed by atoms with Gasteiger partial charge in [0.05, 0.1) is 12.0 Å². The minimum atomic E-state index is -4.52. The van der Waals surface area contributed by atoms with E-state index in [4.69, 9.17) is 4.18 Å². The average molecular weight is 435 g/mol. The molecule has 4 aromatic rings. The first kappa shape index (κ1) is 20.2. The number of rotatable bonds is 6. The van der Waals surface area contributed by atoms with E-state index in [1.165, 1.54) is 6.07 Å². The summed E-state index contributed by atoms with van der Waals surface area (Å²) in [7, 11) is -4.52. The molecule has 150 valence electrons. The van der Waals surface area contributed by atoms with Crippen LogP contribution < -0.4 is 4.18 Å². The monoisotopic (exact) mass is 434 g/mol. The predicted octanol–water partition coefficient (Wildman–Crippen LogP) is 6.35. The molecule has 0 heterocycles. The SMILES string of the molecule is O=S(=O)(O)c1c(OSc2ccccc2)cccc1-c1ccc(-c2ccccc2)cc1. The van der Waals surface area contributed by atoms with E-state index in [9.17, 15) is 13.0 Å². The van der Waals surface area contributed by atoms with Gasteiger partial charge >= 0.3 is 0 Å². The smallest absolute Gasteiger partial charge is 0.298 e. The van der Waals surface area contributed by atoms with Crippen LogP contribution >= 0.6 is 12.0 Å². The van der Waals surface area contributed by atoms with Crippen LogP contribution in [-0.2, 0) is 10.1 Å². The van der Waals surface area contributed by atoms with Gasteiger partial charge < -0.3 is 4.18 Å². The highest BCUT2D eigenvalue weighted by Crippen LogP contribution is 2.37. The molecule has 0 saturated heterocycles. The third-order valence-electron chi connectivity index (χ3n) is 4.51. The molecule has 0 amide bonds. The molecule has 0 unspecified atom stereocenters. The Labute approximate surface area is 180 Å². The molecule has 0 aliphatic rings. The molecule has 0 spiro atoms. The number of hydrogen-bond acceptors (Lipinski definition) is 4. The Balaban J connectivity index is 1.71. The first-order valence-corrected chi connectivity index (χ1v) is 11.4. The lowest BCUT2D eigenvalue weighted by molar-refractivity contribution is 0.479. The van der Waals surface area contributed by atoms with Gasteiger partial charge in [0.15, 0.2) is 5.75 Å². The fourth-order valence-electron chi connectivity index (χ4n) is 3.12. The summed E-state index contributed by atoms with van der Waals surface area (Å²) in [4.78, 5) is 0.567. The van der Waals surface area contributed by atoms with Gasteiger partial charge in [0.1, 0.15) is 4.90 Å². The average Bonchev–Trinajstić information content (AvgIpc) is 2.78. The Bertz CT molecular complexity index is 1240. The molecule has 6 heteroatoms. The van der Waals surface area contributed by atoms with Crippen molar-refractivity contribution in [3.63, 3.8) is 0 Å². The molecule has 0 aliphatic carbocycles. The maximum Gasteiger partial charge on any atom is 0.298 e. The summed E-state index contributed by atoms with van der Waals surface area (Å²) in [6.45, 7) is 0. The van der Waals surface area contributed by atoms with E-state index in [0.29, 0.717) is 11.1 Å². The van der Waals surface area contributed by atoms with Crippen LogP contribution in [0.1, 0.15) is 0 Å². The van der Waals surface area contributed by atoms with Gasteiger partial charge in [-0.1, -0.05) is 84.9 Å². The van der Waals surface area contributed by atoms with Crippen molar-refractivity contribution in [1.82, 2.24) is 0 Å². The van der Waals surface area contributed by atoms with Crippen molar-refractivity contribution >= 4 is 22.2 Å². The van der Waals surface area contributed by atoms with Gasteiger partial charge in [0.25, 0.3) is 10.1 Å². The van der Waals surface area contributed by atoms with E-state index in [1.54, 1.807) is 12.1 Å². The fraction of sp³-hybridized carbons (Fsp3) is 0. The Hall–Kier alpha value is -3.06. The van der Waals surface area contributed by atoms with E-state index < -0.39 is 10.1 Å². The Morgan fingerprint density at radius 2 is 1.20 bits per heavy atom. The Morgan fingerprint density at radius 1 is 0.633 bits per heavy atom. The van der Waals surface area contributed by atoms with Crippen molar-refractivity contribution in [2.45, 2.75) is 9.79 Å². The minimum absolute atomic E-state index is 0.0796. The molecule has 0 atom stereocenters. The quantitative estimate of drug-likeness (QED) is 0.283. The van der Waals surface area contributed by atoms with Crippen molar-refractivity contribution in [2.75, 3.05) is 0 Å². The zero-order valence-electron chi connectivity index (χ0n) is 15.8. The first-order chi connectivity index (χ1) is 14.5. The highest BCUT2D eigenvalue weighted by Gasteiger charge is 2.23. The molecule has 0 aliphatic heterocycles. The molecule has 30 heavy (non-hydrogen) atoms. The molecule has 4 aromatic carbocycles. The third-order valence-corrected chi connectivity index (χ3v) is 6.18. The lowest BCUT2D eigenvalue weighted by Crippen LogP contribution is -2.03. The van der Waals surface area contributed by atoms with Crippen molar-refractivity contribution in [2.24, 2.45) is 0 Å². The van der Waals surface area contributed by atoms with Crippen LogP contribution in [0.5, 0.6) is 5.75 Å². The summed E-state index contributed by atoms with van der Waals surface area (Å²) in [5.41, 5.74) is 3.12. The van der Waals surface area contributed by atoms with E-state index in [2.05, 4.69) is 0 Å².